The maximum atomic E-state index is 13.1. The van der Waals surface area contributed by atoms with Crippen molar-refractivity contribution >= 4 is 37.5 Å². The number of aryl methyl sites for hydroxylation is 1. The fourth-order valence-electron chi connectivity index (χ4n) is 3.11. The molecule has 0 unspecified atom stereocenters. The largest absolute Gasteiger partial charge is 0.496 e. The maximum absolute atomic E-state index is 13.1. The summed E-state index contributed by atoms with van der Waals surface area (Å²) in [7, 11) is 5.58. The number of methoxy groups -OCH3 is 1. The molecule has 0 N–H and O–H groups in total. The standard InChI is InChI=1S/C19H18N4O2S/c1-11-9-12(5-6-14(11)25-4)23-10-21-16-15-13(22(2)3)7-8-20-18(15)26-17(16)19(23)24/h5-10H,1-4H3. The molecule has 0 fully saturated rings. The average molecular weight is 366 g/mol. The summed E-state index contributed by atoms with van der Waals surface area (Å²) in [6, 6.07) is 7.58. The second-order valence-corrected chi connectivity index (χ2v) is 7.26. The molecule has 0 spiro atoms. The minimum absolute atomic E-state index is 0.0905. The molecule has 0 aliphatic heterocycles. The molecule has 7 heteroatoms. The molecular weight excluding hydrogens is 348 g/mol. The number of hydrogen-bond acceptors (Lipinski definition) is 6. The van der Waals surface area contributed by atoms with E-state index in [1.165, 1.54) is 11.3 Å². The van der Waals surface area contributed by atoms with Crippen molar-refractivity contribution in [2.24, 2.45) is 0 Å². The van der Waals surface area contributed by atoms with Crippen molar-refractivity contribution in [3.63, 3.8) is 0 Å². The van der Waals surface area contributed by atoms with E-state index in [4.69, 9.17) is 4.74 Å². The number of nitrogens with zero attached hydrogens (tertiary/aromatic N) is 4. The Hall–Kier alpha value is -2.93. The van der Waals surface area contributed by atoms with E-state index in [1.54, 1.807) is 24.2 Å². The Morgan fingerprint density at radius 1 is 1.19 bits per heavy atom. The topological polar surface area (TPSA) is 60.2 Å². The molecule has 4 aromatic rings. The number of ether oxygens (including phenoxy) is 1. The molecular formula is C19H18N4O2S. The van der Waals surface area contributed by atoms with E-state index in [0.717, 1.165) is 32.9 Å². The van der Waals surface area contributed by atoms with E-state index in [2.05, 4.69) is 9.97 Å². The number of fused-ring (bicyclic) bond motifs is 3. The van der Waals surface area contributed by atoms with E-state index < -0.39 is 0 Å². The third-order valence-electron chi connectivity index (χ3n) is 4.40. The first-order chi connectivity index (χ1) is 12.5. The zero-order valence-corrected chi connectivity index (χ0v) is 15.8. The van der Waals surface area contributed by atoms with Crippen molar-refractivity contribution in [3.05, 3.63) is 52.7 Å². The first kappa shape index (κ1) is 16.5. The van der Waals surface area contributed by atoms with Gasteiger partial charge in [0.1, 0.15) is 21.6 Å². The lowest BCUT2D eigenvalue weighted by Gasteiger charge is -2.13. The van der Waals surface area contributed by atoms with Crippen molar-refractivity contribution in [1.29, 1.82) is 0 Å². The van der Waals surface area contributed by atoms with Crippen molar-refractivity contribution in [3.8, 4) is 11.4 Å². The Bertz CT molecular complexity index is 1190. The number of pyridine rings is 1. The molecule has 132 valence electrons. The van der Waals surface area contributed by atoms with Gasteiger partial charge in [0, 0.05) is 20.3 Å². The van der Waals surface area contributed by atoms with Gasteiger partial charge >= 0.3 is 0 Å². The molecule has 0 radical (unpaired) electrons. The molecule has 4 rings (SSSR count). The summed E-state index contributed by atoms with van der Waals surface area (Å²) >= 11 is 1.38. The lowest BCUT2D eigenvalue weighted by Crippen LogP contribution is -2.18. The van der Waals surface area contributed by atoms with Crippen LogP contribution in [-0.2, 0) is 0 Å². The lowest BCUT2D eigenvalue weighted by molar-refractivity contribution is 0.411. The summed E-state index contributed by atoms with van der Waals surface area (Å²) in [6.07, 6.45) is 3.35. The molecule has 0 aliphatic rings. The SMILES string of the molecule is COc1ccc(-n2cnc3c(sc4nccc(N(C)C)c43)c2=O)cc1C. The molecule has 6 nitrogen and oxygen atoms in total. The van der Waals surface area contributed by atoms with Crippen LogP contribution in [0, 0.1) is 6.92 Å². The number of thiophene rings is 1. The molecule has 3 aromatic heterocycles. The lowest BCUT2D eigenvalue weighted by atomic mass is 10.2. The van der Waals surface area contributed by atoms with Gasteiger partial charge in [0.15, 0.2) is 0 Å². The third-order valence-corrected chi connectivity index (χ3v) is 5.47. The highest BCUT2D eigenvalue weighted by atomic mass is 32.1. The Balaban J connectivity index is 1.99. The first-order valence-electron chi connectivity index (χ1n) is 8.12. The molecule has 0 amide bonds. The van der Waals surface area contributed by atoms with Crippen molar-refractivity contribution in [2.75, 3.05) is 26.1 Å². The fourth-order valence-corrected chi connectivity index (χ4v) is 4.15. The summed E-state index contributed by atoms with van der Waals surface area (Å²) in [5, 5.41) is 0.924. The molecule has 26 heavy (non-hydrogen) atoms. The number of hydrogen-bond donors (Lipinski definition) is 0. The van der Waals surface area contributed by atoms with Crippen LogP contribution in [0.25, 0.3) is 26.1 Å². The zero-order valence-electron chi connectivity index (χ0n) is 15.0. The van der Waals surface area contributed by atoms with E-state index >= 15 is 0 Å². The Kier molecular flexibility index (Phi) is 3.88. The molecule has 0 aliphatic carbocycles. The van der Waals surface area contributed by atoms with Crippen LogP contribution in [-0.4, -0.2) is 35.7 Å². The van der Waals surface area contributed by atoms with Crippen LogP contribution in [0.4, 0.5) is 5.69 Å². The van der Waals surface area contributed by atoms with Crippen LogP contribution in [0.2, 0.25) is 0 Å². The fraction of sp³-hybridized carbons (Fsp3) is 0.211. The quantitative estimate of drug-likeness (QED) is 0.556. The molecule has 0 atom stereocenters. The second kappa shape index (κ2) is 6.10. The van der Waals surface area contributed by atoms with Gasteiger partial charge in [-0.15, -0.1) is 11.3 Å². The monoisotopic (exact) mass is 366 g/mol. The smallest absolute Gasteiger partial charge is 0.275 e. The van der Waals surface area contributed by atoms with Crippen molar-refractivity contribution in [1.82, 2.24) is 14.5 Å². The molecule has 3 heterocycles. The van der Waals surface area contributed by atoms with Gasteiger partial charge in [0.2, 0.25) is 0 Å². The number of aromatic nitrogens is 3. The van der Waals surface area contributed by atoms with Crippen LogP contribution >= 0.6 is 11.3 Å². The highest BCUT2D eigenvalue weighted by molar-refractivity contribution is 7.25. The minimum atomic E-state index is -0.0905. The number of benzene rings is 1. The number of rotatable bonds is 3. The molecule has 0 saturated heterocycles. The Morgan fingerprint density at radius 3 is 2.69 bits per heavy atom. The van der Waals surface area contributed by atoms with Crippen molar-refractivity contribution in [2.45, 2.75) is 6.92 Å². The summed E-state index contributed by atoms with van der Waals surface area (Å²) in [4.78, 5) is 25.0. The Labute approximate surface area is 154 Å². The first-order valence-corrected chi connectivity index (χ1v) is 8.94. The van der Waals surface area contributed by atoms with Gasteiger partial charge in [-0.05, 0) is 36.8 Å². The highest BCUT2D eigenvalue weighted by Gasteiger charge is 2.17. The average Bonchev–Trinajstić information content (AvgIpc) is 3.01. The summed E-state index contributed by atoms with van der Waals surface area (Å²) in [5.74, 6) is 0.789. The van der Waals surface area contributed by atoms with Gasteiger partial charge in [-0.25, -0.2) is 9.97 Å². The van der Waals surface area contributed by atoms with Crippen LogP contribution in [0.1, 0.15) is 5.56 Å². The summed E-state index contributed by atoms with van der Waals surface area (Å²) in [5.41, 5.74) is 3.34. The molecule has 0 bridgehead atoms. The summed E-state index contributed by atoms with van der Waals surface area (Å²) < 4.78 is 7.48. The van der Waals surface area contributed by atoms with Crippen molar-refractivity contribution < 1.29 is 4.74 Å². The van der Waals surface area contributed by atoms with E-state index in [9.17, 15) is 4.79 Å². The number of anilines is 1. The van der Waals surface area contributed by atoms with Crippen LogP contribution in [0.5, 0.6) is 5.75 Å². The molecule has 1 aromatic carbocycles. The van der Waals surface area contributed by atoms with Crippen LogP contribution < -0.4 is 15.2 Å². The maximum Gasteiger partial charge on any atom is 0.275 e. The van der Waals surface area contributed by atoms with Crippen LogP contribution in [0.15, 0.2) is 41.6 Å². The van der Waals surface area contributed by atoms with Gasteiger partial charge < -0.3 is 9.64 Å². The third kappa shape index (κ3) is 2.43. The van der Waals surface area contributed by atoms with E-state index in [1.807, 2.05) is 50.2 Å². The Morgan fingerprint density at radius 2 is 2.00 bits per heavy atom. The van der Waals surface area contributed by atoms with Gasteiger partial charge in [0.05, 0.1) is 29.4 Å². The van der Waals surface area contributed by atoms with E-state index in [-0.39, 0.29) is 5.56 Å². The van der Waals surface area contributed by atoms with Gasteiger partial charge in [-0.3, -0.25) is 9.36 Å². The summed E-state index contributed by atoms with van der Waals surface area (Å²) in [6.45, 7) is 1.95. The van der Waals surface area contributed by atoms with Gasteiger partial charge in [-0.1, -0.05) is 0 Å². The minimum Gasteiger partial charge on any atom is -0.496 e. The zero-order chi connectivity index (χ0) is 18.4. The van der Waals surface area contributed by atoms with Crippen LogP contribution in [0.3, 0.4) is 0 Å². The predicted molar refractivity (Wildman–Crippen MR) is 106 cm³/mol. The second-order valence-electron chi connectivity index (χ2n) is 6.26. The normalized spacial score (nSPS) is 11.2. The highest BCUT2D eigenvalue weighted by Crippen LogP contribution is 2.35. The van der Waals surface area contributed by atoms with Gasteiger partial charge in [-0.2, -0.15) is 0 Å². The van der Waals surface area contributed by atoms with Gasteiger partial charge in [0.25, 0.3) is 5.56 Å². The predicted octanol–water partition coefficient (Wildman–Crippen LogP) is 3.38. The van der Waals surface area contributed by atoms with E-state index in [0.29, 0.717) is 10.2 Å². The molecule has 0 saturated carbocycles.